The molecule has 0 bridgehead atoms. The smallest absolute Gasteiger partial charge is 0.195 e. The van der Waals surface area contributed by atoms with Gasteiger partial charge in [0, 0.05) is 73.3 Å². The van der Waals surface area contributed by atoms with E-state index in [0.29, 0.717) is 6.42 Å². The van der Waals surface area contributed by atoms with Crippen molar-refractivity contribution in [2.45, 2.75) is 63.6 Å². The zero-order valence-electron chi connectivity index (χ0n) is 22.2. The third-order valence-corrected chi connectivity index (χ3v) is 8.06. The monoisotopic (exact) mass is 517 g/mol. The Hall–Kier alpha value is -3.34. The van der Waals surface area contributed by atoms with Gasteiger partial charge in [0.25, 0.3) is 0 Å². The van der Waals surface area contributed by atoms with Crippen molar-refractivity contribution in [1.82, 2.24) is 25.4 Å². The quantitative estimate of drug-likeness (QED) is 0.228. The lowest BCUT2D eigenvalue weighted by atomic mass is 10.1. The van der Waals surface area contributed by atoms with Gasteiger partial charge in [0.05, 0.1) is 17.8 Å². The third kappa shape index (κ3) is 5.03. The molecule has 4 unspecified atom stereocenters. The number of aromatic nitrogens is 3. The maximum absolute atomic E-state index is 11.4. The lowest BCUT2D eigenvalue weighted by molar-refractivity contribution is 0.154. The minimum absolute atomic E-state index is 0.226. The molecule has 10 nitrogen and oxygen atoms in total. The molecule has 3 aromatic rings. The second-order valence-corrected chi connectivity index (χ2v) is 10.5. The van der Waals surface area contributed by atoms with Crippen LogP contribution in [-0.2, 0) is 0 Å². The van der Waals surface area contributed by atoms with Gasteiger partial charge in [-0.25, -0.2) is 4.99 Å². The molecule has 38 heavy (non-hydrogen) atoms. The minimum Gasteiger partial charge on any atom is -0.387 e. The Balaban J connectivity index is 1.17. The number of rotatable bonds is 10. The number of fused-ring (bicyclic) bond motifs is 1. The average molecular weight is 518 g/mol. The molecule has 0 radical (unpaired) electrons. The van der Waals surface area contributed by atoms with Crippen molar-refractivity contribution in [1.29, 1.82) is 0 Å². The second kappa shape index (κ2) is 10.8. The number of aliphatic imine (C=N–C) groups is 1. The standard InChI is InChI=1S/C28H39N9O/c1-3-20(4-2)37-24(25(38)16-23-26(33-23)22-9-10-31-35-22)15-18-17-30-28(34-27(18)37)32-19-5-7-21(8-6-19)36-13-11-29-12-14-36/h5-10,15,17,20,23,25-26,28-29,32-34,38H,3-4,11-14,16H2,1-2H3,(H,31,35). The molecule has 2 fully saturated rings. The number of aliphatic hydroxyl groups excluding tert-OH is 1. The van der Waals surface area contributed by atoms with Crippen LogP contribution in [0.25, 0.3) is 0 Å². The zero-order valence-corrected chi connectivity index (χ0v) is 22.2. The number of hydrogen-bond donors (Lipinski definition) is 6. The van der Waals surface area contributed by atoms with Crippen molar-refractivity contribution in [3.8, 4) is 0 Å². The highest BCUT2D eigenvalue weighted by Crippen LogP contribution is 2.39. The molecule has 10 heteroatoms. The highest BCUT2D eigenvalue weighted by Gasteiger charge is 2.40. The Bertz CT molecular complexity index is 1230. The molecule has 0 spiro atoms. The van der Waals surface area contributed by atoms with E-state index in [1.807, 2.05) is 12.3 Å². The van der Waals surface area contributed by atoms with E-state index in [9.17, 15) is 5.11 Å². The summed E-state index contributed by atoms with van der Waals surface area (Å²) in [6.07, 6.45) is 5.45. The number of nitrogens with one attached hydrogen (secondary N) is 5. The van der Waals surface area contributed by atoms with E-state index >= 15 is 0 Å². The summed E-state index contributed by atoms with van der Waals surface area (Å²) in [5.41, 5.74) is 5.31. The normalized spacial score (nSPS) is 23.3. The number of hydrogen-bond acceptors (Lipinski definition) is 8. The number of H-pyrrole nitrogens is 1. The Morgan fingerprint density at radius 1 is 1.11 bits per heavy atom. The van der Waals surface area contributed by atoms with Crippen molar-refractivity contribution in [3.63, 3.8) is 0 Å². The lowest BCUT2D eigenvalue weighted by Gasteiger charge is -2.30. The maximum Gasteiger partial charge on any atom is 0.195 e. The summed E-state index contributed by atoms with van der Waals surface area (Å²) in [5.74, 6) is 1.02. The van der Waals surface area contributed by atoms with Crippen LogP contribution in [0.2, 0.25) is 0 Å². The van der Waals surface area contributed by atoms with Crippen LogP contribution in [0.4, 0.5) is 17.2 Å². The van der Waals surface area contributed by atoms with E-state index in [1.165, 1.54) is 5.69 Å². The van der Waals surface area contributed by atoms with E-state index < -0.39 is 6.10 Å². The molecule has 1 aromatic carbocycles. The van der Waals surface area contributed by atoms with E-state index in [0.717, 1.165) is 67.5 Å². The molecule has 2 aromatic heterocycles. The van der Waals surface area contributed by atoms with Crippen LogP contribution >= 0.6 is 0 Å². The van der Waals surface area contributed by atoms with Crippen LogP contribution in [0.15, 0.2) is 47.6 Å². The molecule has 4 atom stereocenters. The van der Waals surface area contributed by atoms with Gasteiger partial charge >= 0.3 is 0 Å². The Morgan fingerprint density at radius 2 is 1.89 bits per heavy atom. The molecule has 0 saturated carbocycles. The average Bonchev–Trinajstić information content (AvgIpc) is 3.33. The van der Waals surface area contributed by atoms with Crippen LogP contribution in [-0.4, -0.2) is 64.6 Å². The van der Waals surface area contributed by atoms with Gasteiger partial charge in [0.1, 0.15) is 5.82 Å². The van der Waals surface area contributed by atoms with Gasteiger partial charge in [-0.05, 0) is 55.7 Å². The predicted molar refractivity (Wildman–Crippen MR) is 152 cm³/mol. The summed E-state index contributed by atoms with van der Waals surface area (Å²) >= 11 is 0. The molecule has 6 rings (SSSR count). The van der Waals surface area contributed by atoms with Crippen molar-refractivity contribution in [2.24, 2.45) is 4.99 Å². The summed E-state index contributed by atoms with van der Waals surface area (Å²) in [7, 11) is 0. The zero-order chi connectivity index (χ0) is 26.1. The summed E-state index contributed by atoms with van der Waals surface area (Å²) in [5, 5.41) is 32.5. The second-order valence-electron chi connectivity index (χ2n) is 10.5. The van der Waals surface area contributed by atoms with Crippen molar-refractivity contribution in [3.05, 3.63) is 59.5 Å². The highest BCUT2D eigenvalue weighted by molar-refractivity contribution is 5.89. The van der Waals surface area contributed by atoms with Gasteiger partial charge < -0.3 is 35.8 Å². The Kier molecular flexibility index (Phi) is 7.10. The van der Waals surface area contributed by atoms with E-state index in [1.54, 1.807) is 6.20 Å². The summed E-state index contributed by atoms with van der Waals surface area (Å²) in [4.78, 5) is 7.15. The van der Waals surface area contributed by atoms with Crippen LogP contribution in [0.3, 0.4) is 0 Å². The molecule has 202 valence electrons. The fourth-order valence-electron chi connectivity index (χ4n) is 5.85. The SMILES string of the molecule is CCC(CC)n1c(C(O)CC2NC2c2ccn[nH]2)cc2c1NC(Nc1ccc(N3CCNCC3)cc1)N=C2. The minimum atomic E-state index is -0.578. The first-order chi connectivity index (χ1) is 18.6. The van der Waals surface area contributed by atoms with Crippen LogP contribution in [0.1, 0.15) is 68.2 Å². The van der Waals surface area contributed by atoms with Crippen LogP contribution in [0.5, 0.6) is 0 Å². The Morgan fingerprint density at radius 3 is 2.61 bits per heavy atom. The molecular formula is C28H39N9O. The fraction of sp³-hybridized carbons (Fsp3) is 0.500. The largest absolute Gasteiger partial charge is 0.387 e. The number of anilines is 3. The predicted octanol–water partition coefficient (Wildman–Crippen LogP) is 3.36. The van der Waals surface area contributed by atoms with Gasteiger partial charge in [-0.2, -0.15) is 5.10 Å². The van der Waals surface area contributed by atoms with Gasteiger partial charge in [-0.1, -0.05) is 13.8 Å². The van der Waals surface area contributed by atoms with Crippen LogP contribution in [0, 0.1) is 0 Å². The van der Waals surface area contributed by atoms with Crippen molar-refractivity contribution < 1.29 is 5.11 Å². The molecular weight excluding hydrogens is 478 g/mol. The molecule has 3 aliphatic rings. The lowest BCUT2D eigenvalue weighted by Crippen LogP contribution is -2.43. The number of piperazine rings is 1. The summed E-state index contributed by atoms with van der Waals surface area (Å²) < 4.78 is 2.31. The summed E-state index contributed by atoms with van der Waals surface area (Å²) in [6, 6.07) is 13.4. The number of benzene rings is 1. The number of aliphatic hydroxyl groups is 1. The fourth-order valence-corrected chi connectivity index (χ4v) is 5.85. The summed E-state index contributed by atoms with van der Waals surface area (Å²) in [6.45, 7) is 8.54. The third-order valence-electron chi connectivity index (χ3n) is 8.06. The molecule has 6 N–H and O–H groups in total. The molecule has 0 aliphatic carbocycles. The molecule has 2 saturated heterocycles. The van der Waals surface area contributed by atoms with Gasteiger partial charge in [0.15, 0.2) is 6.29 Å². The first-order valence-electron chi connectivity index (χ1n) is 13.9. The number of aromatic amines is 1. The van der Waals surface area contributed by atoms with Crippen molar-refractivity contribution in [2.75, 3.05) is 41.7 Å². The first kappa shape index (κ1) is 25.0. The van der Waals surface area contributed by atoms with Gasteiger partial charge in [-0.15, -0.1) is 0 Å². The van der Waals surface area contributed by atoms with Crippen molar-refractivity contribution >= 4 is 23.4 Å². The molecule has 0 amide bonds. The van der Waals surface area contributed by atoms with E-state index in [2.05, 4.69) is 85.1 Å². The van der Waals surface area contributed by atoms with Crippen LogP contribution < -0.4 is 26.2 Å². The van der Waals surface area contributed by atoms with E-state index in [-0.39, 0.29) is 24.4 Å². The highest BCUT2D eigenvalue weighted by atomic mass is 16.3. The topological polar surface area (TPSA) is 127 Å². The molecule has 5 heterocycles. The first-order valence-corrected chi connectivity index (χ1v) is 13.9. The maximum atomic E-state index is 11.4. The van der Waals surface area contributed by atoms with Gasteiger partial charge in [0.2, 0.25) is 0 Å². The molecule has 3 aliphatic heterocycles. The Labute approximate surface area is 223 Å². The van der Waals surface area contributed by atoms with E-state index in [4.69, 9.17) is 4.99 Å². The number of nitrogens with zero attached hydrogens (tertiary/aromatic N) is 4. The van der Waals surface area contributed by atoms with Gasteiger partial charge in [-0.3, -0.25) is 5.10 Å².